The molecule has 0 radical (unpaired) electrons. The summed E-state index contributed by atoms with van der Waals surface area (Å²) >= 11 is 0. The lowest BCUT2D eigenvalue weighted by Gasteiger charge is -2.10. The summed E-state index contributed by atoms with van der Waals surface area (Å²) in [5, 5.41) is 5.47. The topological polar surface area (TPSA) is 79.8 Å². The molecular formula is C18H15F2N5O. The van der Waals surface area contributed by atoms with Gasteiger partial charge in [-0.25, -0.2) is 18.7 Å². The number of anilines is 2. The van der Waals surface area contributed by atoms with E-state index in [-0.39, 0.29) is 11.4 Å². The van der Waals surface area contributed by atoms with Gasteiger partial charge in [0.2, 0.25) is 0 Å². The molecule has 0 aliphatic heterocycles. The van der Waals surface area contributed by atoms with Crippen molar-refractivity contribution in [2.45, 2.75) is 13.5 Å². The van der Waals surface area contributed by atoms with E-state index in [0.29, 0.717) is 24.3 Å². The minimum absolute atomic E-state index is 0.0680. The fourth-order valence-electron chi connectivity index (χ4n) is 2.25. The molecule has 3 rings (SSSR count). The average Bonchev–Trinajstić information content (AvgIpc) is 2.63. The van der Waals surface area contributed by atoms with Crippen LogP contribution in [-0.2, 0) is 6.54 Å². The number of hydrogen-bond acceptors (Lipinski definition) is 5. The number of halogens is 2. The Morgan fingerprint density at radius 3 is 2.58 bits per heavy atom. The van der Waals surface area contributed by atoms with Gasteiger partial charge >= 0.3 is 0 Å². The fraction of sp³-hybridized carbons (Fsp3) is 0.111. The zero-order chi connectivity index (χ0) is 18.5. The molecule has 6 nitrogen and oxygen atoms in total. The Morgan fingerprint density at radius 2 is 1.85 bits per heavy atom. The van der Waals surface area contributed by atoms with Gasteiger partial charge in [0, 0.05) is 31.1 Å². The minimum Gasteiger partial charge on any atom is -0.366 e. The molecule has 0 unspecified atom stereocenters. The molecule has 0 fully saturated rings. The van der Waals surface area contributed by atoms with Gasteiger partial charge in [0.25, 0.3) is 5.91 Å². The molecule has 1 amide bonds. The zero-order valence-electron chi connectivity index (χ0n) is 13.8. The second-order valence-electron chi connectivity index (χ2n) is 5.47. The maximum absolute atomic E-state index is 13.7. The van der Waals surface area contributed by atoms with Crippen LogP contribution in [0.3, 0.4) is 0 Å². The zero-order valence-corrected chi connectivity index (χ0v) is 13.8. The van der Waals surface area contributed by atoms with E-state index >= 15 is 0 Å². The normalized spacial score (nSPS) is 10.4. The Kier molecular flexibility index (Phi) is 5.12. The van der Waals surface area contributed by atoms with Crippen molar-refractivity contribution in [3.05, 3.63) is 77.5 Å². The summed E-state index contributed by atoms with van der Waals surface area (Å²) < 4.78 is 26.6. The summed E-state index contributed by atoms with van der Waals surface area (Å²) in [4.78, 5) is 24.6. The molecular weight excluding hydrogens is 340 g/mol. The van der Waals surface area contributed by atoms with E-state index in [0.717, 1.165) is 17.7 Å². The smallest absolute Gasteiger partial charge is 0.274 e. The highest BCUT2D eigenvalue weighted by molar-refractivity contribution is 6.03. The third-order valence-electron chi connectivity index (χ3n) is 3.47. The van der Waals surface area contributed by atoms with Crippen LogP contribution in [0, 0.1) is 18.6 Å². The summed E-state index contributed by atoms with van der Waals surface area (Å²) in [7, 11) is 0. The Bertz CT molecular complexity index is 934. The van der Waals surface area contributed by atoms with Gasteiger partial charge in [-0.05, 0) is 36.8 Å². The first-order valence-electron chi connectivity index (χ1n) is 7.76. The molecule has 132 valence electrons. The lowest BCUT2D eigenvalue weighted by molar-refractivity contribution is 0.102. The van der Waals surface area contributed by atoms with Crippen LogP contribution in [0.5, 0.6) is 0 Å². The summed E-state index contributed by atoms with van der Waals surface area (Å²) in [5.74, 6) is -1.36. The Balaban J connectivity index is 1.75. The van der Waals surface area contributed by atoms with Crippen molar-refractivity contribution in [2.24, 2.45) is 0 Å². The van der Waals surface area contributed by atoms with E-state index in [1.807, 2.05) is 12.1 Å². The van der Waals surface area contributed by atoms with Gasteiger partial charge in [-0.15, -0.1) is 0 Å². The lowest BCUT2D eigenvalue weighted by Crippen LogP contribution is -2.16. The van der Waals surface area contributed by atoms with Crippen LogP contribution in [0.4, 0.5) is 20.3 Å². The third kappa shape index (κ3) is 4.35. The highest BCUT2D eigenvalue weighted by Gasteiger charge is 2.13. The summed E-state index contributed by atoms with van der Waals surface area (Å²) in [5.41, 5.74) is 0.938. The SMILES string of the molecule is Cc1nc(NCc2ccncc2)cc(C(=O)Nc2ccc(F)cc2F)n1. The van der Waals surface area contributed by atoms with Gasteiger partial charge in [0.05, 0.1) is 5.69 Å². The van der Waals surface area contributed by atoms with Crippen molar-refractivity contribution in [3.8, 4) is 0 Å². The number of pyridine rings is 1. The molecule has 1 aromatic carbocycles. The number of carbonyl (C=O) groups is 1. The van der Waals surface area contributed by atoms with E-state index in [2.05, 4.69) is 25.6 Å². The summed E-state index contributed by atoms with van der Waals surface area (Å²) in [6.45, 7) is 2.14. The van der Waals surface area contributed by atoms with Crippen molar-refractivity contribution >= 4 is 17.4 Å². The van der Waals surface area contributed by atoms with Crippen molar-refractivity contribution in [2.75, 3.05) is 10.6 Å². The first-order valence-corrected chi connectivity index (χ1v) is 7.76. The minimum atomic E-state index is -0.861. The third-order valence-corrected chi connectivity index (χ3v) is 3.47. The van der Waals surface area contributed by atoms with Crippen LogP contribution in [0.25, 0.3) is 0 Å². The molecule has 0 atom stereocenters. The number of hydrogen-bond donors (Lipinski definition) is 2. The lowest BCUT2D eigenvalue weighted by atomic mass is 10.2. The van der Waals surface area contributed by atoms with E-state index in [9.17, 15) is 13.6 Å². The maximum Gasteiger partial charge on any atom is 0.274 e. The van der Waals surface area contributed by atoms with Gasteiger partial charge in [-0.2, -0.15) is 0 Å². The molecule has 8 heteroatoms. The number of amides is 1. The Morgan fingerprint density at radius 1 is 1.08 bits per heavy atom. The second-order valence-corrected chi connectivity index (χ2v) is 5.47. The Hall–Kier alpha value is -3.42. The number of aryl methyl sites for hydroxylation is 1. The van der Waals surface area contributed by atoms with Gasteiger partial charge in [-0.3, -0.25) is 9.78 Å². The van der Waals surface area contributed by atoms with E-state index in [1.54, 1.807) is 19.3 Å². The highest BCUT2D eigenvalue weighted by atomic mass is 19.1. The standard InChI is InChI=1S/C18H15F2N5O/c1-11-23-16(18(26)25-15-3-2-13(19)8-14(15)20)9-17(24-11)22-10-12-4-6-21-7-5-12/h2-9H,10H2,1H3,(H,25,26)(H,22,23,24). The average molecular weight is 355 g/mol. The largest absolute Gasteiger partial charge is 0.366 e. The van der Waals surface area contributed by atoms with Crippen molar-refractivity contribution in [3.63, 3.8) is 0 Å². The number of carbonyl (C=O) groups excluding carboxylic acids is 1. The van der Waals surface area contributed by atoms with Gasteiger partial charge in [0.1, 0.15) is 29.0 Å². The Labute approximate surface area is 148 Å². The molecule has 0 saturated carbocycles. The molecule has 2 aromatic heterocycles. The van der Waals surface area contributed by atoms with E-state index in [1.165, 1.54) is 6.07 Å². The molecule has 2 heterocycles. The van der Waals surface area contributed by atoms with Crippen LogP contribution >= 0.6 is 0 Å². The first-order chi connectivity index (χ1) is 12.5. The predicted octanol–water partition coefficient (Wildman–Crippen LogP) is 3.32. The van der Waals surface area contributed by atoms with Crippen LogP contribution in [0.1, 0.15) is 21.9 Å². The van der Waals surface area contributed by atoms with Gasteiger partial charge in [-0.1, -0.05) is 0 Å². The number of aromatic nitrogens is 3. The quantitative estimate of drug-likeness (QED) is 0.734. The summed E-state index contributed by atoms with van der Waals surface area (Å²) in [6, 6.07) is 8.08. The van der Waals surface area contributed by atoms with E-state index in [4.69, 9.17) is 0 Å². The molecule has 2 N–H and O–H groups in total. The van der Waals surface area contributed by atoms with Crippen LogP contribution < -0.4 is 10.6 Å². The second kappa shape index (κ2) is 7.64. The van der Waals surface area contributed by atoms with Crippen molar-refractivity contribution in [1.29, 1.82) is 0 Å². The number of rotatable bonds is 5. The fourth-order valence-corrected chi connectivity index (χ4v) is 2.25. The molecule has 0 saturated heterocycles. The molecule has 26 heavy (non-hydrogen) atoms. The molecule has 0 aliphatic rings. The predicted molar refractivity (Wildman–Crippen MR) is 92.6 cm³/mol. The maximum atomic E-state index is 13.7. The van der Waals surface area contributed by atoms with Crippen LogP contribution in [0.2, 0.25) is 0 Å². The van der Waals surface area contributed by atoms with Crippen molar-refractivity contribution < 1.29 is 13.6 Å². The molecule has 3 aromatic rings. The first kappa shape index (κ1) is 17.4. The molecule has 0 bridgehead atoms. The number of benzene rings is 1. The molecule has 0 spiro atoms. The number of nitrogens with one attached hydrogen (secondary N) is 2. The number of nitrogens with zero attached hydrogens (tertiary/aromatic N) is 3. The van der Waals surface area contributed by atoms with Crippen LogP contribution in [-0.4, -0.2) is 20.9 Å². The van der Waals surface area contributed by atoms with Gasteiger partial charge in [0.15, 0.2) is 0 Å². The highest BCUT2D eigenvalue weighted by Crippen LogP contribution is 2.16. The van der Waals surface area contributed by atoms with Crippen molar-refractivity contribution in [1.82, 2.24) is 15.0 Å². The van der Waals surface area contributed by atoms with Crippen LogP contribution in [0.15, 0.2) is 48.8 Å². The van der Waals surface area contributed by atoms with E-state index < -0.39 is 17.5 Å². The van der Waals surface area contributed by atoms with Gasteiger partial charge < -0.3 is 10.6 Å². The summed E-state index contributed by atoms with van der Waals surface area (Å²) in [6.07, 6.45) is 3.36. The monoisotopic (exact) mass is 355 g/mol. The molecule has 0 aliphatic carbocycles.